The van der Waals surface area contributed by atoms with Crippen LogP contribution in [0, 0.1) is 0 Å². The number of hydrogen-bond donors (Lipinski definition) is 3. The molecule has 0 saturated heterocycles. The van der Waals surface area contributed by atoms with Gasteiger partial charge in [-0.3, -0.25) is 4.79 Å². The van der Waals surface area contributed by atoms with E-state index >= 15 is 0 Å². The first-order valence-corrected chi connectivity index (χ1v) is 5.24. The maximum Gasteiger partial charge on any atom is 0.326 e. The quantitative estimate of drug-likeness (QED) is 0.517. The van der Waals surface area contributed by atoms with E-state index in [9.17, 15) is 9.59 Å². The van der Waals surface area contributed by atoms with Crippen LogP contribution in [0.2, 0.25) is 0 Å². The molecule has 0 unspecified atom stereocenters. The largest absolute Gasteiger partial charge is 0.480 e. The fourth-order valence-electron chi connectivity index (χ4n) is 1.19. The van der Waals surface area contributed by atoms with E-state index in [1.807, 2.05) is 6.92 Å². The Morgan fingerprint density at radius 3 is 2.47 bits per heavy atom. The molecule has 1 atom stereocenters. The molecule has 0 aliphatic heterocycles. The molecule has 0 aromatic rings. The van der Waals surface area contributed by atoms with E-state index in [2.05, 4.69) is 5.32 Å². The molecule has 0 rings (SSSR count). The van der Waals surface area contributed by atoms with Gasteiger partial charge in [0, 0.05) is 19.4 Å². The molecule has 15 heavy (non-hydrogen) atoms. The van der Waals surface area contributed by atoms with Crippen LogP contribution in [0.15, 0.2) is 0 Å². The summed E-state index contributed by atoms with van der Waals surface area (Å²) in [6.45, 7) is 1.79. The molecule has 5 heteroatoms. The Balaban J connectivity index is 3.84. The number of carboxylic acid groups (broad SMARTS) is 1. The van der Waals surface area contributed by atoms with E-state index in [1.165, 1.54) is 0 Å². The Hall–Kier alpha value is -1.10. The van der Waals surface area contributed by atoms with Gasteiger partial charge in [-0.2, -0.15) is 0 Å². The van der Waals surface area contributed by atoms with Gasteiger partial charge < -0.3 is 15.5 Å². The topological polar surface area (TPSA) is 86.6 Å². The highest BCUT2D eigenvalue weighted by atomic mass is 16.4. The van der Waals surface area contributed by atoms with E-state index in [4.69, 9.17) is 10.2 Å². The summed E-state index contributed by atoms with van der Waals surface area (Å²) < 4.78 is 0. The lowest BCUT2D eigenvalue weighted by atomic mass is 10.1. The first-order chi connectivity index (χ1) is 7.11. The van der Waals surface area contributed by atoms with Gasteiger partial charge in [-0.15, -0.1) is 0 Å². The number of aliphatic hydroxyl groups is 1. The fraction of sp³-hybridized carbons (Fsp3) is 0.800. The maximum absolute atomic E-state index is 11.3. The van der Waals surface area contributed by atoms with Crippen LogP contribution in [0.1, 0.15) is 39.0 Å². The number of carbonyl (C=O) groups excluding carboxylic acids is 1. The van der Waals surface area contributed by atoms with Crippen molar-refractivity contribution in [3.8, 4) is 0 Å². The second-order valence-electron chi connectivity index (χ2n) is 3.43. The van der Waals surface area contributed by atoms with E-state index in [1.54, 1.807) is 0 Å². The van der Waals surface area contributed by atoms with Gasteiger partial charge in [0.05, 0.1) is 0 Å². The van der Waals surface area contributed by atoms with E-state index < -0.39 is 12.0 Å². The average molecular weight is 217 g/mol. The van der Waals surface area contributed by atoms with Gasteiger partial charge in [0.2, 0.25) is 5.91 Å². The number of aliphatic carboxylic acids is 1. The SMILES string of the molecule is CCCCCC(=O)N[C@H](CCO)C(=O)O. The number of carbonyl (C=O) groups is 2. The zero-order valence-electron chi connectivity index (χ0n) is 9.03. The molecular formula is C10H19NO4. The summed E-state index contributed by atoms with van der Waals surface area (Å²) in [4.78, 5) is 21.9. The second-order valence-corrected chi connectivity index (χ2v) is 3.43. The zero-order chi connectivity index (χ0) is 11.7. The van der Waals surface area contributed by atoms with Crippen LogP contribution in [-0.2, 0) is 9.59 Å². The van der Waals surface area contributed by atoms with Gasteiger partial charge in [0.15, 0.2) is 0 Å². The molecule has 0 heterocycles. The van der Waals surface area contributed by atoms with Crippen molar-refractivity contribution < 1.29 is 19.8 Å². The summed E-state index contributed by atoms with van der Waals surface area (Å²) in [5.74, 6) is -1.36. The van der Waals surface area contributed by atoms with Crippen molar-refractivity contribution >= 4 is 11.9 Å². The molecule has 0 saturated carbocycles. The molecule has 88 valence electrons. The average Bonchev–Trinajstić information content (AvgIpc) is 2.17. The van der Waals surface area contributed by atoms with Crippen LogP contribution in [0.25, 0.3) is 0 Å². The van der Waals surface area contributed by atoms with Crippen LogP contribution in [0.4, 0.5) is 0 Å². The lowest BCUT2D eigenvalue weighted by molar-refractivity contribution is -0.142. The maximum atomic E-state index is 11.3. The number of rotatable bonds is 8. The fourth-order valence-corrected chi connectivity index (χ4v) is 1.19. The van der Waals surface area contributed by atoms with Crippen molar-refractivity contribution in [3.63, 3.8) is 0 Å². The van der Waals surface area contributed by atoms with Crippen molar-refractivity contribution in [3.05, 3.63) is 0 Å². The van der Waals surface area contributed by atoms with E-state index in [0.29, 0.717) is 6.42 Å². The van der Waals surface area contributed by atoms with Crippen LogP contribution in [0.3, 0.4) is 0 Å². The molecule has 0 radical (unpaired) electrons. The first kappa shape index (κ1) is 13.9. The Morgan fingerprint density at radius 2 is 2.00 bits per heavy atom. The third kappa shape index (κ3) is 6.90. The van der Waals surface area contributed by atoms with Crippen molar-refractivity contribution in [1.29, 1.82) is 0 Å². The van der Waals surface area contributed by atoms with E-state index in [0.717, 1.165) is 19.3 Å². The van der Waals surface area contributed by atoms with Gasteiger partial charge in [0.25, 0.3) is 0 Å². The lowest BCUT2D eigenvalue weighted by Gasteiger charge is -2.12. The Labute approximate surface area is 89.5 Å². The molecule has 0 fully saturated rings. The molecule has 0 bridgehead atoms. The highest BCUT2D eigenvalue weighted by molar-refractivity contribution is 5.83. The minimum absolute atomic E-state index is 0.0504. The minimum atomic E-state index is -1.10. The molecule has 3 N–H and O–H groups in total. The first-order valence-electron chi connectivity index (χ1n) is 5.24. The van der Waals surface area contributed by atoms with Crippen LogP contribution < -0.4 is 5.32 Å². The Bertz CT molecular complexity index is 206. The predicted octanol–water partition coefficient (Wildman–Crippen LogP) is 0.518. The summed E-state index contributed by atoms with van der Waals surface area (Å²) in [7, 11) is 0. The van der Waals surface area contributed by atoms with Crippen molar-refractivity contribution in [2.24, 2.45) is 0 Å². The molecule has 0 aromatic heterocycles. The van der Waals surface area contributed by atoms with Crippen molar-refractivity contribution in [2.75, 3.05) is 6.61 Å². The third-order valence-electron chi connectivity index (χ3n) is 2.06. The van der Waals surface area contributed by atoms with Crippen LogP contribution >= 0.6 is 0 Å². The molecule has 1 amide bonds. The molecule has 0 aliphatic rings. The Kier molecular flexibility index (Phi) is 7.62. The standard InChI is InChI=1S/C10H19NO4/c1-2-3-4-5-9(13)11-8(6-7-12)10(14)15/h8,12H,2-7H2,1H3,(H,11,13)(H,14,15)/t8-/m1/s1. The summed E-state index contributed by atoms with van der Waals surface area (Å²) in [5.41, 5.74) is 0. The summed E-state index contributed by atoms with van der Waals surface area (Å²) in [6, 6.07) is -0.968. The summed E-state index contributed by atoms with van der Waals surface area (Å²) >= 11 is 0. The Morgan fingerprint density at radius 1 is 1.33 bits per heavy atom. The highest BCUT2D eigenvalue weighted by Crippen LogP contribution is 2.00. The smallest absolute Gasteiger partial charge is 0.326 e. The number of unbranched alkanes of at least 4 members (excludes halogenated alkanes) is 2. The number of carboxylic acids is 1. The molecule has 0 spiro atoms. The normalized spacial score (nSPS) is 12.1. The molecule has 0 aromatic carbocycles. The van der Waals surface area contributed by atoms with Crippen LogP contribution in [0.5, 0.6) is 0 Å². The molecular weight excluding hydrogens is 198 g/mol. The highest BCUT2D eigenvalue weighted by Gasteiger charge is 2.18. The van der Waals surface area contributed by atoms with Gasteiger partial charge in [-0.1, -0.05) is 19.8 Å². The number of hydrogen-bond acceptors (Lipinski definition) is 3. The number of amides is 1. The number of nitrogens with one attached hydrogen (secondary N) is 1. The lowest BCUT2D eigenvalue weighted by Crippen LogP contribution is -2.41. The molecule has 5 nitrogen and oxygen atoms in total. The van der Waals surface area contributed by atoms with E-state index in [-0.39, 0.29) is 18.9 Å². The second kappa shape index (κ2) is 8.23. The van der Waals surface area contributed by atoms with Gasteiger partial charge in [-0.05, 0) is 6.42 Å². The van der Waals surface area contributed by atoms with Crippen molar-refractivity contribution in [2.45, 2.75) is 45.1 Å². The predicted molar refractivity (Wildman–Crippen MR) is 55.4 cm³/mol. The summed E-state index contributed by atoms with van der Waals surface area (Å²) in [6.07, 6.45) is 3.16. The third-order valence-corrected chi connectivity index (χ3v) is 2.06. The van der Waals surface area contributed by atoms with Crippen LogP contribution in [-0.4, -0.2) is 34.7 Å². The zero-order valence-corrected chi connectivity index (χ0v) is 9.03. The number of aliphatic hydroxyl groups excluding tert-OH is 1. The van der Waals surface area contributed by atoms with Gasteiger partial charge in [0.1, 0.15) is 6.04 Å². The summed E-state index contributed by atoms with van der Waals surface area (Å²) in [5, 5.41) is 19.7. The minimum Gasteiger partial charge on any atom is -0.480 e. The monoisotopic (exact) mass is 217 g/mol. The van der Waals surface area contributed by atoms with Gasteiger partial charge >= 0.3 is 5.97 Å². The van der Waals surface area contributed by atoms with Gasteiger partial charge in [-0.25, -0.2) is 4.79 Å². The van der Waals surface area contributed by atoms with Crippen molar-refractivity contribution in [1.82, 2.24) is 5.32 Å². The molecule has 0 aliphatic carbocycles.